The molecule has 5 nitrogen and oxygen atoms in total. The van der Waals surface area contributed by atoms with Crippen molar-refractivity contribution in [2.24, 2.45) is 11.8 Å². The monoisotopic (exact) mass is 479 g/mol. The molecular weight excluding hydrogens is 445 g/mol. The number of hydrogen-bond donors (Lipinski definition) is 1. The van der Waals surface area contributed by atoms with Gasteiger partial charge in [-0.15, -0.1) is 0 Å². The number of benzene rings is 1. The first kappa shape index (κ1) is 23.8. The van der Waals surface area contributed by atoms with E-state index in [2.05, 4.69) is 10.2 Å². The van der Waals surface area contributed by atoms with Crippen LogP contribution in [0.1, 0.15) is 68.1 Å². The summed E-state index contributed by atoms with van der Waals surface area (Å²) in [6, 6.07) is 5.20. The molecule has 1 aliphatic carbocycles. The summed E-state index contributed by atoms with van der Waals surface area (Å²) in [6.45, 7) is 4.52. The van der Waals surface area contributed by atoms with Crippen molar-refractivity contribution < 1.29 is 9.59 Å². The Kier molecular flexibility index (Phi) is 8.36. The van der Waals surface area contributed by atoms with Gasteiger partial charge in [-0.1, -0.05) is 42.5 Å². The van der Waals surface area contributed by atoms with Crippen molar-refractivity contribution in [3.8, 4) is 0 Å². The van der Waals surface area contributed by atoms with Crippen LogP contribution in [0.15, 0.2) is 18.2 Å². The third-order valence-electron chi connectivity index (χ3n) is 7.42. The Bertz CT molecular complexity index is 804. The Labute approximate surface area is 201 Å². The molecule has 7 heteroatoms. The standard InChI is InChI=1S/C25H35Cl2N3O2/c26-22-9-8-19(15-23(22)27)25(32)30-12-4-7-20(17-30)24(31)28-21-10-13-29(14-11-21)16-18-5-2-1-3-6-18/h8-9,15,18,20-21H,1-7,10-14,16-17H2,(H,28,31). The predicted molar refractivity (Wildman–Crippen MR) is 129 cm³/mol. The maximum atomic E-state index is 13.0. The smallest absolute Gasteiger partial charge is 0.253 e. The molecule has 1 aromatic rings. The van der Waals surface area contributed by atoms with Gasteiger partial charge in [0.2, 0.25) is 5.91 Å². The molecule has 1 aromatic carbocycles. The van der Waals surface area contributed by atoms with E-state index in [-0.39, 0.29) is 23.8 Å². The number of nitrogens with zero attached hydrogens (tertiary/aromatic N) is 2. The molecule has 32 heavy (non-hydrogen) atoms. The summed E-state index contributed by atoms with van der Waals surface area (Å²) in [4.78, 5) is 30.2. The highest BCUT2D eigenvalue weighted by Crippen LogP contribution is 2.27. The van der Waals surface area contributed by atoms with Crippen molar-refractivity contribution in [2.75, 3.05) is 32.7 Å². The van der Waals surface area contributed by atoms with E-state index in [0.29, 0.717) is 28.7 Å². The molecule has 176 valence electrons. The molecule has 0 aromatic heterocycles. The number of carbonyl (C=O) groups is 2. The van der Waals surface area contributed by atoms with E-state index in [9.17, 15) is 9.59 Å². The van der Waals surface area contributed by atoms with E-state index in [1.54, 1.807) is 23.1 Å². The largest absolute Gasteiger partial charge is 0.353 e. The minimum atomic E-state index is -0.143. The van der Waals surface area contributed by atoms with Crippen molar-refractivity contribution in [3.05, 3.63) is 33.8 Å². The summed E-state index contributed by atoms with van der Waals surface area (Å²) in [5, 5.41) is 4.09. The highest BCUT2D eigenvalue weighted by Gasteiger charge is 2.31. The molecule has 0 bridgehead atoms. The average molecular weight is 480 g/mol. The molecule has 3 fully saturated rings. The summed E-state index contributed by atoms with van der Waals surface area (Å²) in [6.07, 6.45) is 10.7. The summed E-state index contributed by atoms with van der Waals surface area (Å²) >= 11 is 12.1. The fourth-order valence-electron chi connectivity index (χ4n) is 5.50. The Hall–Kier alpha value is -1.30. The zero-order valence-corrected chi connectivity index (χ0v) is 20.3. The molecule has 1 unspecified atom stereocenters. The van der Waals surface area contributed by atoms with Crippen molar-refractivity contribution >= 4 is 35.0 Å². The van der Waals surface area contributed by atoms with Gasteiger partial charge in [0.25, 0.3) is 5.91 Å². The molecule has 4 rings (SSSR count). The van der Waals surface area contributed by atoms with Gasteiger partial charge in [-0.2, -0.15) is 0 Å². The fourth-order valence-corrected chi connectivity index (χ4v) is 5.80. The molecule has 3 aliphatic rings. The van der Waals surface area contributed by atoms with E-state index < -0.39 is 0 Å². The number of nitrogens with one attached hydrogen (secondary N) is 1. The lowest BCUT2D eigenvalue weighted by Crippen LogP contribution is -2.50. The highest BCUT2D eigenvalue weighted by molar-refractivity contribution is 6.42. The Morgan fingerprint density at radius 3 is 2.38 bits per heavy atom. The summed E-state index contributed by atoms with van der Waals surface area (Å²) in [5.74, 6) is 0.742. The van der Waals surface area contributed by atoms with Gasteiger partial charge in [0.05, 0.1) is 16.0 Å². The summed E-state index contributed by atoms with van der Waals surface area (Å²) in [7, 11) is 0. The Balaban J connectivity index is 1.24. The van der Waals surface area contributed by atoms with Gasteiger partial charge in [0, 0.05) is 44.3 Å². The summed E-state index contributed by atoms with van der Waals surface area (Å²) < 4.78 is 0. The van der Waals surface area contributed by atoms with Crippen LogP contribution in [0.25, 0.3) is 0 Å². The van der Waals surface area contributed by atoms with Crippen molar-refractivity contribution in [2.45, 2.75) is 63.8 Å². The zero-order chi connectivity index (χ0) is 22.5. The first-order valence-electron chi connectivity index (χ1n) is 12.3. The molecule has 2 heterocycles. The van der Waals surface area contributed by atoms with Crippen LogP contribution in [-0.2, 0) is 4.79 Å². The van der Waals surface area contributed by atoms with Crippen LogP contribution in [0.3, 0.4) is 0 Å². The van der Waals surface area contributed by atoms with Gasteiger partial charge < -0.3 is 15.1 Å². The van der Waals surface area contributed by atoms with Crippen molar-refractivity contribution in [1.29, 1.82) is 0 Å². The molecule has 1 atom stereocenters. The van der Waals surface area contributed by atoms with Gasteiger partial charge in [-0.25, -0.2) is 0 Å². The van der Waals surface area contributed by atoms with E-state index >= 15 is 0 Å². The molecular formula is C25H35Cl2N3O2. The minimum absolute atomic E-state index is 0.0860. The van der Waals surface area contributed by atoms with Gasteiger partial charge in [-0.3, -0.25) is 9.59 Å². The molecule has 1 N–H and O–H groups in total. The fraction of sp³-hybridized carbons (Fsp3) is 0.680. The summed E-state index contributed by atoms with van der Waals surface area (Å²) in [5.41, 5.74) is 0.519. The molecule has 2 amide bonds. The second kappa shape index (κ2) is 11.2. The Morgan fingerprint density at radius 2 is 1.66 bits per heavy atom. The van der Waals surface area contributed by atoms with E-state index in [4.69, 9.17) is 23.2 Å². The number of piperidine rings is 2. The third kappa shape index (κ3) is 6.18. The van der Waals surface area contributed by atoms with Crippen molar-refractivity contribution in [1.82, 2.24) is 15.1 Å². The average Bonchev–Trinajstić information content (AvgIpc) is 2.82. The van der Waals surface area contributed by atoms with E-state index in [1.165, 1.54) is 38.6 Å². The molecule has 2 aliphatic heterocycles. The maximum Gasteiger partial charge on any atom is 0.253 e. The van der Waals surface area contributed by atoms with Gasteiger partial charge in [0.1, 0.15) is 0 Å². The molecule has 2 saturated heterocycles. The minimum Gasteiger partial charge on any atom is -0.353 e. The van der Waals surface area contributed by atoms with Crippen LogP contribution in [0.4, 0.5) is 0 Å². The van der Waals surface area contributed by atoms with E-state index in [1.807, 2.05) is 0 Å². The number of carbonyl (C=O) groups excluding carboxylic acids is 2. The molecule has 0 radical (unpaired) electrons. The second-order valence-corrected chi connectivity index (χ2v) is 10.6. The van der Waals surface area contributed by atoms with Crippen LogP contribution < -0.4 is 5.32 Å². The first-order chi connectivity index (χ1) is 15.5. The van der Waals surface area contributed by atoms with Crippen molar-refractivity contribution in [3.63, 3.8) is 0 Å². The predicted octanol–water partition coefficient (Wildman–Crippen LogP) is 5.01. The lowest BCUT2D eigenvalue weighted by Gasteiger charge is -2.37. The first-order valence-corrected chi connectivity index (χ1v) is 13.0. The number of hydrogen-bond acceptors (Lipinski definition) is 3. The van der Waals surface area contributed by atoms with Crippen LogP contribution in [0.5, 0.6) is 0 Å². The second-order valence-electron chi connectivity index (χ2n) is 9.81. The number of halogens is 2. The van der Waals surface area contributed by atoms with Gasteiger partial charge >= 0.3 is 0 Å². The molecule has 0 spiro atoms. The highest BCUT2D eigenvalue weighted by atomic mass is 35.5. The topological polar surface area (TPSA) is 52.7 Å². The van der Waals surface area contributed by atoms with E-state index in [0.717, 1.165) is 44.7 Å². The normalized spacial score (nSPS) is 23.8. The number of amides is 2. The van der Waals surface area contributed by atoms with Crippen LogP contribution >= 0.6 is 23.2 Å². The maximum absolute atomic E-state index is 13.0. The third-order valence-corrected chi connectivity index (χ3v) is 8.16. The van der Waals surface area contributed by atoms with Crippen LogP contribution in [0, 0.1) is 11.8 Å². The van der Waals surface area contributed by atoms with Gasteiger partial charge in [-0.05, 0) is 62.6 Å². The lowest BCUT2D eigenvalue weighted by atomic mass is 9.88. The SMILES string of the molecule is O=C(NC1CCN(CC2CCCCC2)CC1)C1CCCN(C(=O)c2ccc(Cl)c(Cl)c2)C1. The number of rotatable bonds is 5. The van der Waals surface area contributed by atoms with Crippen LogP contribution in [-0.4, -0.2) is 60.4 Å². The Morgan fingerprint density at radius 1 is 0.906 bits per heavy atom. The zero-order valence-electron chi connectivity index (χ0n) is 18.8. The number of likely N-dealkylation sites (tertiary alicyclic amines) is 2. The van der Waals surface area contributed by atoms with Crippen LogP contribution in [0.2, 0.25) is 10.0 Å². The quantitative estimate of drug-likeness (QED) is 0.645. The lowest BCUT2D eigenvalue weighted by molar-refractivity contribution is -0.127. The van der Waals surface area contributed by atoms with Gasteiger partial charge in [0.15, 0.2) is 0 Å². The molecule has 1 saturated carbocycles.